The molecule has 0 unspecified atom stereocenters. The molecule has 4 aromatic rings. The van der Waals surface area contributed by atoms with Crippen molar-refractivity contribution in [1.29, 1.82) is 0 Å². The molecule has 0 aromatic heterocycles. The van der Waals surface area contributed by atoms with Gasteiger partial charge in [-0.1, -0.05) is 84.9 Å². The van der Waals surface area contributed by atoms with E-state index in [-0.39, 0.29) is 0 Å². The standard InChI is InChI=1S/C26H22N2O2/c27-21-15-7-9-17-23(21)29-25(19-11-3-1-4-12-19)26(20-13-5-2-6-14-20)30-24-18-10-8-16-22(24)28/h1-18H,27-28H2. The molecule has 0 amide bonds. The Morgan fingerprint density at radius 3 is 1.13 bits per heavy atom. The average molecular weight is 394 g/mol. The Hall–Kier alpha value is -4.18. The zero-order valence-electron chi connectivity index (χ0n) is 16.4. The molecule has 0 fully saturated rings. The van der Waals surface area contributed by atoms with E-state index in [0.717, 1.165) is 11.1 Å². The van der Waals surface area contributed by atoms with Crippen LogP contribution in [0.2, 0.25) is 0 Å². The van der Waals surface area contributed by atoms with Crippen LogP contribution in [0.1, 0.15) is 11.1 Å². The molecule has 4 heteroatoms. The molecule has 0 saturated heterocycles. The van der Waals surface area contributed by atoms with Crippen LogP contribution in [0.4, 0.5) is 11.4 Å². The summed E-state index contributed by atoms with van der Waals surface area (Å²) in [4.78, 5) is 0. The van der Waals surface area contributed by atoms with Gasteiger partial charge in [-0.15, -0.1) is 0 Å². The summed E-state index contributed by atoms with van der Waals surface area (Å²) >= 11 is 0. The minimum atomic E-state index is 0.539. The lowest BCUT2D eigenvalue weighted by molar-refractivity contribution is 0.471. The Morgan fingerprint density at radius 1 is 0.433 bits per heavy atom. The third-order valence-electron chi connectivity index (χ3n) is 4.54. The van der Waals surface area contributed by atoms with Crippen molar-refractivity contribution in [2.24, 2.45) is 0 Å². The molecule has 4 aromatic carbocycles. The van der Waals surface area contributed by atoms with Crippen LogP contribution in [0, 0.1) is 0 Å². The minimum Gasteiger partial charge on any atom is -0.451 e. The molecule has 0 aliphatic heterocycles. The quantitative estimate of drug-likeness (QED) is 0.245. The zero-order valence-corrected chi connectivity index (χ0v) is 16.4. The molecular weight excluding hydrogens is 372 g/mol. The van der Waals surface area contributed by atoms with Gasteiger partial charge in [-0.05, 0) is 24.3 Å². The molecule has 0 radical (unpaired) electrons. The van der Waals surface area contributed by atoms with Crippen LogP contribution in [-0.4, -0.2) is 0 Å². The Balaban J connectivity index is 1.92. The van der Waals surface area contributed by atoms with E-state index in [1.807, 2.05) is 97.1 Å². The minimum absolute atomic E-state index is 0.539. The summed E-state index contributed by atoms with van der Waals surface area (Å²) in [6.45, 7) is 0. The van der Waals surface area contributed by atoms with Gasteiger partial charge in [0.25, 0.3) is 0 Å². The van der Waals surface area contributed by atoms with Crippen LogP contribution < -0.4 is 20.9 Å². The molecular formula is C26H22N2O2. The maximum atomic E-state index is 6.35. The summed E-state index contributed by atoms with van der Waals surface area (Å²) < 4.78 is 12.7. The highest BCUT2D eigenvalue weighted by atomic mass is 16.5. The second-order valence-corrected chi connectivity index (χ2v) is 6.67. The van der Waals surface area contributed by atoms with E-state index in [1.165, 1.54) is 0 Å². The maximum absolute atomic E-state index is 6.35. The van der Waals surface area contributed by atoms with Crippen LogP contribution in [-0.2, 0) is 0 Å². The summed E-state index contributed by atoms with van der Waals surface area (Å²) in [5, 5.41) is 0. The smallest absolute Gasteiger partial charge is 0.177 e. The lowest BCUT2D eigenvalue weighted by Crippen LogP contribution is -2.07. The van der Waals surface area contributed by atoms with Gasteiger partial charge in [-0.2, -0.15) is 0 Å². The van der Waals surface area contributed by atoms with E-state index >= 15 is 0 Å². The largest absolute Gasteiger partial charge is 0.451 e. The SMILES string of the molecule is Nc1ccccc1OC(=C(Oc1ccccc1N)c1ccccc1)c1ccccc1. The lowest BCUT2D eigenvalue weighted by atomic mass is 10.1. The second-order valence-electron chi connectivity index (χ2n) is 6.67. The van der Waals surface area contributed by atoms with Gasteiger partial charge in [0.1, 0.15) is 0 Å². The molecule has 0 heterocycles. The van der Waals surface area contributed by atoms with Crippen LogP contribution >= 0.6 is 0 Å². The highest BCUT2D eigenvalue weighted by Crippen LogP contribution is 2.35. The van der Waals surface area contributed by atoms with Crippen LogP contribution in [0.15, 0.2) is 109 Å². The zero-order chi connectivity index (χ0) is 20.8. The number of anilines is 2. The molecule has 30 heavy (non-hydrogen) atoms. The maximum Gasteiger partial charge on any atom is 0.177 e. The van der Waals surface area contributed by atoms with E-state index in [1.54, 1.807) is 12.1 Å². The van der Waals surface area contributed by atoms with E-state index in [2.05, 4.69) is 0 Å². The molecule has 0 spiro atoms. The van der Waals surface area contributed by atoms with Crippen molar-refractivity contribution in [1.82, 2.24) is 0 Å². The molecule has 0 bridgehead atoms. The highest BCUT2D eigenvalue weighted by Gasteiger charge is 2.18. The van der Waals surface area contributed by atoms with Gasteiger partial charge in [0, 0.05) is 11.1 Å². The van der Waals surface area contributed by atoms with Crippen molar-refractivity contribution in [3.05, 3.63) is 120 Å². The molecule has 4 rings (SSSR count). The van der Waals surface area contributed by atoms with E-state index in [9.17, 15) is 0 Å². The number of hydrogen-bond acceptors (Lipinski definition) is 4. The van der Waals surface area contributed by atoms with Gasteiger partial charge in [0.15, 0.2) is 23.0 Å². The van der Waals surface area contributed by atoms with Crippen molar-refractivity contribution >= 4 is 22.9 Å². The third kappa shape index (κ3) is 4.28. The van der Waals surface area contributed by atoms with E-state index < -0.39 is 0 Å². The number of benzene rings is 4. The number of para-hydroxylation sites is 4. The first-order valence-electron chi connectivity index (χ1n) is 9.62. The fourth-order valence-corrected chi connectivity index (χ4v) is 3.02. The van der Waals surface area contributed by atoms with Crippen molar-refractivity contribution in [2.75, 3.05) is 11.5 Å². The van der Waals surface area contributed by atoms with E-state index in [0.29, 0.717) is 34.4 Å². The third-order valence-corrected chi connectivity index (χ3v) is 4.54. The van der Waals surface area contributed by atoms with Gasteiger partial charge in [-0.25, -0.2) is 0 Å². The van der Waals surface area contributed by atoms with E-state index in [4.69, 9.17) is 20.9 Å². The first-order valence-corrected chi connectivity index (χ1v) is 9.62. The summed E-state index contributed by atoms with van der Waals surface area (Å²) in [5.41, 5.74) is 15.1. The molecule has 4 N–H and O–H groups in total. The Morgan fingerprint density at radius 2 is 0.767 bits per heavy atom. The Kier molecular flexibility index (Phi) is 5.67. The van der Waals surface area contributed by atoms with Crippen LogP contribution in [0.25, 0.3) is 11.5 Å². The number of hydrogen-bond donors (Lipinski definition) is 2. The fourth-order valence-electron chi connectivity index (χ4n) is 3.02. The predicted octanol–water partition coefficient (Wildman–Crippen LogP) is 5.83. The normalized spacial score (nSPS) is 11.5. The Bertz CT molecular complexity index is 1060. The first kappa shape index (κ1) is 19.2. The van der Waals surface area contributed by atoms with Gasteiger partial charge in [0.05, 0.1) is 11.4 Å². The first-order chi connectivity index (χ1) is 14.7. The van der Waals surface area contributed by atoms with Crippen molar-refractivity contribution < 1.29 is 9.47 Å². The van der Waals surface area contributed by atoms with Crippen LogP contribution in [0.5, 0.6) is 11.5 Å². The molecule has 0 saturated carbocycles. The van der Waals surface area contributed by atoms with Crippen LogP contribution in [0.3, 0.4) is 0 Å². The summed E-state index contributed by atoms with van der Waals surface area (Å²) in [7, 11) is 0. The number of ether oxygens (including phenoxy) is 2. The molecule has 0 aliphatic carbocycles. The van der Waals surface area contributed by atoms with Gasteiger partial charge in [0.2, 0.25) is 0 Å². The monoisotopic (exact) mass is 394 g/mol. The highest BCUT2D eigenvalue weighted by molar-refractivity contribution is 5.87. The Labute approximate surface area is 176 Å². The van der Waals surface area contributed by atoms with Crippen molar-refractivity contribution in [3.8, 4) is 11.5 Å². The number of nitrogens with two attached hydrogens (primary N) is 2. The lowest BCUT2D eigenvalue weighted by Gasteiger charge is -2.19. The number of rotatable bonds is 6. The molecule has 148 valence electrons. The summed E-state index contributed by atoms with van der Waals surface area (Å²) in [6, 6.07) is 34.3. The molecule has 4 nitrogen and oxygen atoms in total. The van der Waals surface area contributed by atoms with Gasteiger partial charge < -0.3 is 20.9 Å². The predicted molar refractivity (Wildman–Crippen MR) is 123 cm³/mol. The second kappa shape index (κ2) is 8.88. The summed E-state index contributed by atoms with van der Waals surface area (Å²) in [5.74, 6) is 2.19. The summed E-state index contributed by atoms with van der Waals surface area (Å²) in [6.07, 6.45) is 0. The number of nitrogen functional groups attached to an aromatic ring is 2. The van der Waals surface area contributed by atoms with Crippen molar-refractivity contribution in [3.63, 3.8) is 0 Å². The fraction of sp³-hybridized carbons (Fsp3) is 0. The van der Waals surface area contributed by atoms with Crippen molar-refractivity contribution in [2.45, 2.75) is 0 Å². The van der Waals surface area contributed by atoms with Gasteiger partial charge in [-0.3, -0.25) is 0 Å². The average Bonchev–Trinajstić information content (AvgIpc) is 2.80. The molecule has 0 aliphatic rings. The molecule has 0 atom stereocenters. The topological polar surface area (TPSA) is 70.5 Å². The van der Waals surface area contributed by atoms with Gasteiger partial charge >= 0.3 is 0 Å².